The van der Waals surface area contributed by atoms with E-state index in [1.807, 2.05) is 24.3 Å². The van der Waals surface area contributed by atoms with Gasteiger partial charge < -0.3 is 14.6 Å². The molecule has 1 aromatic carbocycles. The first kappa shape index (κ1) is 13.0. The van der Waals surface area contributed by atoms with Crippen LogP contribution in [-0.2, 0) is 4.74 Å². The van der Waals surface area contributed by atoms with E-state index < -0.39 is 6.10 Å². The minimum atomic E-state index is -0.447. The highest BCUT2D eigenvalue weighted by Crippen LogP contribution is 2.18. The van der Waals surface area contributed by atoms with Gasteiger partial charge in [-0.15, -0.1) is 0 Å². The van der Waals surface area contributed by atoms with Crippen molar-refractivity contribution in [2.24, 2.45) is 0 Å². The molecule has 0 radical (unpaired) electrons. The van der Waals surface area contributed by atoms with E-state index in [9.17, 15) is 5.11 Å². The number of benzene rings is 1. The lowest BCUT2D eigenvalue weighted by Crippen LogP contribution is -2.00. The van der Waals surface area contributed by atoms with Gasteiger partial charge in [0.05, 0.1) is 12.7 Å². The molecule has 90 valence electrons. The molecule has 1 unspecified atom stereocenters. The molecule has 0 saturated carbocycles. The molecule has 0 aromatic heterocycles. The van der Waals surface area contributed by atoms with Gasteiger partial charge in [0.15, 0.2) is 0 Å². The second-order valence-electron chi connectivity index (χ2n) is 3.80. The van der Waals surface area contributed by atoms with E-state index >= 15 is 0 Å². The van der Waals surface area contributed by atoms with E-state index in [2.05, 4.69) is 0 Å². The van der Waals surface area contributed by atoms with Gasteiger partial charge in [-0.2, -0.15) is 0 Å². The van der Waals surface area contributed by atoms with Crippen LogP contribution in [0.4, 0.5) is 0 Å². The minimum Gasteiger partial charge on any atom is -0.494 e. The van der Waals surface area contributed by atoms with Crippen LogP contribution in [0.2, 0.25) is 0 Å². The fourth-order valence-electron chi connectivity index (χ4n) is 1.40. The summed E-state index contributed by atoms with van der Waals surface area (Å²) in [6, 6.07) is 7.57. The molecule has 0 aliphatic carbocycles. The average molecular weight is 224 g/mol. The molecule has 0 fully saturated rings. The topological polar surface area (TPSA) is 38.7 Å². The number of unbranched alkanes of at least 4 members (excludes halogenated alkanes) is 1. The largest absolute Gasteiger partial charge is 0.494 e. The maximum Gasteiger partial charge on any atom is 0.119 e. The summed E-state index contributed by atoms with van der Waals surface area (Å²) in [4.78, 5) is 0. The number of aliphatic hydroxyl groups excluding tert-OH is 1. The molecule has 0 aliphatic heterocycles. The molecule has 16 heavy (non-hydrogen) atoms. The van der Waals surface area contributed by atoms with Gasteiger partial charge in [0, 0.05) is 13.7 Å². The third-order valence-corrected chi connectivity index (χ3v) is 2.35. The van der Waals surface area contributed by atoms with Gasteiger partial charge in [0.25, 0.3) is 0 Å². The van der Waals surface area contributed by atoms with Crippen molar-refractivity contribution < 1.29 is 14.6 Å². The number of hydrogen-bond donors (Lipinski definition) is 1. The summed E-state index contributed by atoms with van der Waals surface area (Å²) in [5.74, 6) is 0.816. The van der Waals surface area contributed by atoms with Crippen LogP contribution in [0.3, 0.4) is 0 Å². The van der Waals surface area contributed by atoms with Gasteiger partial charge in [-0.25, -0.2) is 0 Å². The van der Waals surface area contributed by atoms with Crippen LogP contribution in [0.25, 0.3) is 0 Å². The fraction of sp³-hybridized carbons (Fsp3) is 0.538. The molecule has 0 aliphatic rings. The smallest absolute Gasteiger partial charge is 0.119 e. The fourth-order valence-corrected chi connectivity index (χ4v) is 1.40. The number of aliphatic hydroxyl groups is 1. The Morgan fingerprint density at radius 1 is 1.25 bits per heavy atom. The van der Waals surface area contributed by atoms with Gasteiger partial charge in [0.1, 0.15) is 5.75 Å². The summed E-state index contributed by atoms with van der Waals surface area (Å²) in [5, 5.41) is 9.42. The molecular formula is C13H20O3. The SMILES string of the molecule is COCCCCOc1cccc(C(C)O)c1. The van der Waals surface area contributed by atoms with Crippen LogP contribution in [0.15, 0.2) is 24.3 Å². The van der Waals surface area contributed by atoms with E-state index in [0.717, 1.165) is 30.8 Å². The van der Waals surface area contributed by atoms with Crippen LogP contribution in [0.5, 0.6) is 5.75 Å². The maximum atomic E-state index is 9.42. The highest BCUT2D eigenvalue weighted by atomic mass is 16.5. The molecule has 1 aromatic rings. The Balaban J connectivity index is 2.33. The van der Waals surface area contributed by atoms with Gasteiger partial charge in [-0.3, -0.25) is 0 Å². The first-order valence-corrected chi connectivity index (χ1v) is 5.64. The Kier molecular flexibility index (Phi) is 5.90. The highest BCUT2D eigenvalue weighted by Gasteiger charge is 2.01. The second-order valence-corrected chi connectivity index (χ2v) is 3.80. The highest BCUT2D eigenvalue weighted by molar-refractivity contribution is 5.29. The molecule has 0 heterocycles. The number of ether oxygens (including phenoxy) is 2. The second kappa shape index (κ2) is 7.25. The zero-order chi connectivity index (χ0) is 11.8. The third kappa shape index (κ3) is 4.64. The van der Waals surface area contributed by atoms with Gasteiger partial charge in [-0.05, 0) is 37.5 Å². The normalized spacial score (nSPS) is 12.4. The average Bonchev–Trinajstić information content (AvgIpc) is 2.29. The molecule has 1 rings (SSSR count). The summed E-state index contributed by atoms with van der Waals surface area (Å²) < 4.78 is 10.5. The first-order valence-electron chi connectivity index (χ1n) is 5.64. The molecule has 3 nitrogen and oxygen atoms in total. The quantitative estimate of drug-likeness (QED) is 0.723. The zero-order valence-corrected chi connectivity index (χ0v) is 9.98. The lowest BCUT2D eigenvalue weighted by atomic mass is 10.1. The van der Waals surface area contributed by atoms with Crippen LogP contribution < -0.4 is 4.74 Å². The van der Waals surface area contributed by atoms with Crippen molar-refractivity contribution in [2.45, 2.75) is 25.9 Å². The Hall–Kier alpha value is -1.06. The Labute approximate surface area is 97.0 Å². The molecule has 0 amide bonds. The van der Waals surface area contributed by atoms with E-state index in [1.165, 1.54) is 0 Å². The van der Waals surface area contributed by atoms with Crippen LogP contribution in [0.1, 0.15) is 31.4 Å². The predicted octanol–water partition coefficient (Wildman–Crippen LogP) is 2.55. The third-order valence-electron chi connectivity index (χ3n) is 2.35. The number of rotatable bonds is 7. The monoisotopic (exact) mass is 224 g/mol. The van der Waals surface area contributed by atoms with Crippen LogP contribution in [-0.4, -0.2) is 25.4 Å². The van der Waals surface area contributed by atoms with Crippen molar-refractivity contribution in [1.82, 2.24) is 0 Å². The van der Waals surface area contributed by atoms with Gasteiger partial charge >= 0.3 is 0 Å². The number of hydrogen-bond acceptors (Lipinski definition) is 3. The molecular weight excluding hydrogens is 204 g/mol. The summed E-state index contributed by atoms with van der Waals surface area (Å²) in [5.41, 5.74) is 0.884. The molecule has 0 bridgehead atoms. The number of methoxy groups -OCH3 is 1. The van der Waals surface area contributed by atoms with E-state index in [-0.39, 0.29) is 0 Å². The van der Waals surface area contributed by atoms with Crippen LogP contribution >= 0.6 is 0 Å². The van der Waals surface area contributed by atoms with Gasteiger partial charge in [0.2, 0.25) is 0 Å². The summed E-state index contributed by atoms with van der Waals surface area (Å²) >= 11 is 0. The Morgan fingerprint density at radius 3 is 2.69 bits per heavy atom. The molecule has 0 saturated heterocycles. The van der Waals surface area contributed by atoms with Crippen molar-refractivity contribution in [2.75, 3.05) is 20.3 Å². The molecule has 3 heteroatoms. The molecule has 1 N–H and O–H groups in total. The summed E-state index contributed by atoms with van der Waals surface area (Å²) in [7, 11) is 1.70. The molecule has 1 atom stereocenters. The van der Waals surface area contributed by atoms with E-state index in [0.29, 0.717) is 6.61 Å². The summed E-state index contributed by atoms with van der Waals surface area (Å²) in [6.07, 6.45) is 1.54. The van der Waals surface area contributed by atoms with E-state index in [4.69, 9.17) is 9.47 Å². The predicted molar refractivity (Wildman–Crippen MR) is 63.7 cm³/mol. The standard InChI is InChI=1S/C13H20O3/c1-11(14)12-6-5-7-13(10-12)16-9-4-3-8-15-2/h5-7,10-11,14H,3-4,8-9H2,1-2H3. The lowest BCUT2D eigenvalue weighted by molar-refractivity contribution is 0.183. The molecule has 0 spiro atoms. The Morgan fingerprint density at radius 2 is 2.00 bits per heavy atom. The lowest BCUT2D eigenvalue weighted by Gasteiger charge is -2.09. The maximum absolute atomic E-state index is 9.42. The Bertz CT molecular complexity index is 297. The van der Waals surface area contributed by atoms with Crippen molar-refractivity contribution in [3.05, 3.63) is 29.8 Å². The van der Waals surface area contributed by atoms with E-state index in [1.54, 1.807) is 14.0 Å². The van der Waals surface area contributed by atoms with Crippen molar-refractivity contribution in [3.63, 3.8) is 0 Å². The van der Waals surface area contributed by atoms with Crippen molar-refractivity contribution in [3.8, 4) is 5.75 Å². The first-order chi connectivity index (χ1) is 7.74. The summed E-state index contributed by atoms with van der Waals surface area (Å²) in [6.45, 7) is 3.21. The minimum absolute atomic E-state index is 0.447. The zero-order valence-electron chi connectivity index (χ0n) is 9.98. The van der Waals surface area contributed by atoms with Gasteiger partial charge in [-0.1, -0.05) is 12.1 Å². The van der Waals surface area contributed by atoms with Crippen LogP contribution in [0, 0.1) is 0 Å². The van der Waals surface area contributed by atoms with Crippen molar-refractivity contribution in [1.29, 1.82) is 0 Å². The van der Waals surface area contributed by atoms with Crippen molar-refractivity contribution >= 4 is 0 Å².